The van der Waals surface area contributed by atoms with Crippen molar-refractivity contribution in [3.05, 3.63) is 35.9 Å². The van der Waals surface area contributed by atoms with Crippen LogP contribution in [-0.2, 0) is 6.42 Å². The number of hydrogen-bond donors (Lipinski definition) is 0. The fourth-order valence-corrected chi connectivity index (χ4v) is 2.58. The molecule has 0 N–H and O–H groups in total. The van der Waals surface area contributed by atoms with Crippen molar-refractivity contribution in [2.45, 2.75) is 39.2 Å². The molecule has 1 heterocycles. The minimum atomic E-state index is 0.724. The van der Waals surface area contributed by atoms with Gasteiger partial charge in [-0.05, 0) is 51.1 Å². The van der Waals surface area contributed by atoms with Gasteiger partial charge in [0.2, 0.25) is 0 Å². The van der Waals surface area contributed by atoms with Crippen molar-refractivity contribution >= 4 is 0 Å². The monoisotopic (exact) mass is 217 g/mol. The van der Waals surface area contributed by atoms with Crippen LogP contribution in [0.25, 0.3) is 0 Å². The van der Waals surface area contributed by atoms with Crippen LogP contribution in [0.5, 0.6) is 0 Å². The normalized spacial score (nSPS) is 21.8. The lowest BCUT2D eigenvalue weighted by molar-refractivity contribution is 0.263. The van der Waals surface area contributed by atoms with Crippen molar-refractivity contribution < 1.29 is 0 Å². The summed E-state index contributed by atoms with van der Waals surface area (Å²) in [4.78, 5) is 2.61. The van der Waals surface area contributed by atoms with Gasteiger partial charge in [0.25, 0.3) is 0 Å². The van der Waals surface area contributed by atoms with Crippen molar-refractivity contribution in [1.29, 1.82) is 0 Å². The smallest absolute Gasteiger partial charge is 0.00387 e. The summed E-state index contributed by atoms with van der Waals surface area (Å²) >= 11 is 0. The van der Waals surface area contributed by atoms with Crippen molar-refractivity contribution in [1.82, 2.24) is 4.90 Å². The van der Waals surface area contributed by atoms with Gasteiger partial charge in [0.1, 0.15) is 0 Å². The number of rotatable bonds is 4. The first-order valence-corrected chi connectivity index (χ1v) is 6.53. The van der Waals surface area contributed by atoms with E-state index in [-0.39, 0.29) is 0 Å². The zero-order valence-electron chi connectivity index (χ0n) is 10.5. The van der Waals surface area contributed by atoms with E-state index in [4.69, 9.17) is 0 Å². The molecular weight excluding hydrogens is 194 g/mol. The third-order valence-electron chi connectivity index (χ3n) is 3.73. The van der Waals surface area contributed by atoms with Gasteiger partial charge < -0.3 is 4.90 Å². The van der Waals surface area contributed by atoms with Gasteiger partial charge in [-0.25, -0.2) is 0 Å². The van der Waals surface area contributed by atoms with Gasteiger partial charge in [0.05, 0.1) is 0 Å². The molecule has 1 aliphatic rings. The predicted molar refractivity (Wildman–Crippen MR) is 69.6 cm³/mol. The number of likely N-dealkylation sites (tertiary alicyclic amines) is 1. The molecule has 1 aromatic carbocycles. The average molecular weight is 217 g/mol. The van der Waals surface area contributed by atoms with Gasteiger partial charge in [0.15, 0.2) is 0 Å². The van der Waals surface area contributed by atoms with Crippen LogP contribution in [0.15, 0.2) is 30.3 Å². The Morgan fingerprint density at radius 1 is 1.25 bits per heavy atom. The number of benzene rings is 1. The minimum Gasteiger partial charge on any atom is -0.301 e. The van der Waals surface area contributed by atoms with Crippen LogP contribution in [0.1, 0.15) is 32.3 Å². The highest BCUT2D eigenvalue weighted by Crippen LogP contribution is 2.22. The van der Waals surface area contributed by atoms with E-state index >= 15 is 0 Å². The molecule has 88 valence electrons. The summed E-state index contributed by atoms with van der Waals surface area (Å²) in [6, 6.07) is 11.6. The lowest BCUT2D eigenvalue weighted by Gasteiger charge is -2.20. The lowest BCUT2D eigenvalue weighted by atomic mass is 9.99. The summed E-state index contributed by atoms with van der Waals surface area (Å²) in [5.74, 6) is 0.919. The van der Waals surface area contributed by atoms with Crippen molar-refractivity contribution in [3.63, 3.8) is 0 Å². The van der Waals surface area contributed by atoms with E-state index in [1.54, 1.807) is 0 Å². The van der Waals surface area contributed by atoms with E-state index < -0.39 is 0 Å². The topological polar surface area (TPSA) is 3.24 Å². The molecule has 1 saturated heterocycles. The molecule has 1 nitrogen and oxygen atoms in total. The van der Waals surface area contributed by atoms with Crippen LogP contribution < -0.4 is 0 Å². The van der Waals surface area contributed by atoms with Crippen LogP contribution in [0.3, 0.4) is 0 Å². The Morgan fingerprint density at radius 2 is 2.00 bits per heavy atom. The van der Waals surface area contributed by atoms with Crippen LogP contribution in [0.2, 0.25) is 0 Å². The summed E-state index contributed by atoms with van der Waals surface area (Å²) < 4.78 is 0. The van der Waals surface area contributed by atoms with E-state index in [0.717, 1.165) is 12.0 Å². The molecule has 1 atom stereocenters. The summed E-state index contributed by atoms with van der Waals surface area (Å²) in [6.45, 7) is 7.22. The molecule has 16 heavy (non-hydrogen) atoms. The number of nitrogens with zero attached hydrogens (tertiary/aromatic N) is 1. The molecule has 1 unspecified atom stereocenters. The van der Waals surface area contributed by atoms with E-state index in [1.807, 2.05) is 0 Å². The Morgan fingerprint density at radius 3 is 2.62 bits per heavy atom. The average Bonchev–Trinajstić information content (AvgIpc) is 2.76. The largest absolute Gasteiger partial charge is 0.301 e. The van der Waals surface area contributed by atoms with E-state index in [1.165, 1.54) is 37.9 Å². The van der Waals surface area contributed by atoms with Gasteiger partial charge in [0, 0.05) is 12.6 Å². The molecule has 0 radical (unpaired) electrons. The zero-order chi connectivity index (χ0) is 11.4. The van der Waals surface area contributed by atoms with Gasteiger partial charge in [-0.15, -0.1) is 0 Å². The molecule has 0 aliphatic carbocycles. The van der Waals surface area contributed by atoms with Crippen molar-refractivity contribution in [2.75, 3.05) is 13.1 Å². The molecule has 1 aromatic rings. The van der Waals surface area contributed by atoms with Crippen LogP contribution in [0, 0.1) is 5.92 Å². The Bertz CT molecular complexity index is 304. The molecule has 0 amide bonds. The van der Waals surface area contributed by atoms with Crippen LogP contribution in [-0.4, -0.2) is 24.0 Å². The molecule has 2 rings (SSSR count). The maximum atomic E-state index is 2.61. The Hall–Kier alpha value is -0.820. The van der Waals surface area contributed by atoms with Crippen molar-refractivity contribution in [2.24, 2.45) is 5.92 Å². The standard InChI is InChI=1S/C15H23N/c1-13(2)16-11-10-15(12-16)9-8-14-6-4-3-5-7-14/h3-7,13,15H,8-12H2,1-2H3. The molecule has 1 heteroatoms. The lowest BCUT2D eigenvalue weighted by Crippen LogP contribution is -2.28. The Labute approximate surface area is 99.5 Å². The zero-order valence-corrected chi connectivity index (χ0v) is 10.5. The second-order valence-corrected chi connectivity index (χ2v) is 5.27. The maximum absolute atomic E-state index is 2.61. The van der Waals surface area contributed by atoms with Gasteiger partial charge in [-0.2, -0.15) is 0 Å². The summed E-state index contributed by atoms with van der Waals surface area (Å²) in [6.07, 6.45) is 4.00. The fraction of sp³-hybridized carbons (Fsp3) is 0.600. The second-order valence-electron chi connectivity index (χ2n) is 5.27. The molecular formula is C15H23N. The SMILES string of the molecule is CC(C)N1CCC(CCc2ccccc2)C1. The first-order chi connectivity index (χ1) is 7.75. The van der Waals surface area contributed by atoms with Gasteiger partial charge in [-0.3, -0.25) is 0 Å². The maximum Gasteiger partial charge on any atom is 0.00387 e. The summed E-state index contributed by atoms with van der Waals surface area (Å²) in [5, 5.41) is 0. The van der Waals surface area contributed by atoms with E-state index in [9.17, 15) is 0 Å². The predicted octanol–water partition coefficient (Wildman–Crippen LogP) is 3.35. The van der Waals surface area contributed by atoms with Gasteiger partial charge >= 0.3 is 0 Å². The van der Waals surface area contributed by atoms with E-state index in [2.05, 4.69) is 49.1 Å². The van der Waals surface area contributed by atoms with Crippen molar-refractivity contribution in [3.8, 4) is 0 Å². The molecule has 1 aliphatic heterocycles. The minimum absolute atomic E-state index is 0.724. The first-order valence-electron chi connectivity index (χ1n) is 6.53. The highest BCUT2D eigenvalue weighted by Gasteiger charge is 2.23. The van der Waals surface area contributed by atoms with Gasteiger partial charge in [-0.1, -0.05) is 30.3 Å². The highest BCUT2D eigenvalue weighted by molar-refractivity contribution is 5.14. The first kappa shape index (κ1) is 11.7. The summed E-state index contributed by atoms with van der Waals surface area (Å²) in [7, 11) is 0. The third kappa shape index (κ3) is 3.08. The third-order valence-corrected chi connectivity index (χ3v) is 3.73. The Kier molecular flexibility index (Phi) is 4.00. The molecule has 0 bridgehead atoms. The second kappa shape index (κ2) is 5.49. The molecule has 0 saturated carbocycles. The molecule has 0 spiro atoms. The molecule has 1 fully saturated rings. The summed E-state index contributed by atoms with van der Waals surface area (Å²) in [5.41, 5.74) is 1.49. The molecule has 0 aromatic heterocycles. The quantitative estimate of drug-likeness (QED) is 0.747. The Balaban J connectivity index is 1.76. The fourth-order valence-electron chi connectivity index (χ4n) is 2.58. The van der Waals surface area contributed by atoms with Crippen LogP contribution in [0.4, 0.5) is 0 Å². The number of hydrogen-bond acceptors (Lipinski definition) is 1. The number of aryl methyl sites for hydroxylation is 1. The van der Waals surface area contributed by atoms with Crippen LogP contribution >= 0.6 is 0 Å². The highest BCUT2D eigenvalue weighted by atomic mass is 15.2. The van der Waals surface area contributed by atoms with E-state index in [0.29, 0.717) is 0 Å².